The Balaban J connectivity index is 1.97. The van der Waals surface area contributed by atoms with Gasteiger partial charge in [0.1, 0.15) is 0 Å². The average Bonchev–Trinajstić information content (AvgIpc) is 2.74. The zero-order chi connectivity index (χ0) is 17.8. The van der Waals surface area contributed by atoms with Crippen molar-refractivity contribution in [3.63, 3.8) is 0 Å². The quantitative estimate of drug-likeness (QED) is 0.403. The maximum atomic E-state index is 13.2. The van der Waals surface area contributed by atoms with Gasteiger partial charge in [-0.1, -0.05) is 109 Å². The van der Waals surface area contributed by atoms with Crippen LogP contribution in [0.15, 0.2) is 109 Å². The zero-order valence-corrected chi connectivity index (χ0v) is 14.3. The predicted octanol–water partition coefficient (Wildman–Crippen LogP) is 6.25. The summed E-state index contributed by atoms with van der Waals surface area (Å²) >= 11 is 0. The highest BCUT2D eigenvalue weighted by Gasteiger charge is 2.18. The lowest BCUT2D eigenvalue weighted by Crippen LogP contribution is -2.04. The summed E-state index contributed by atoms with van der Waals surface area (Å²) in [4.78, 5) is 13.2. The van der Waals surface area contributed by atoms with Gasteiger partial charge in [0.2, 0.25) is 0 Å². The van der Waals surface area contributed by atoms with E-state index in [4.69, 9.17) is 0 Å². The number of rotatable bonds is 4. The van der Waals surface area contributed by atoms with Crippen LogP contribution in [0.1, 0.15) is 15.9 Å². The Bertz CT molecular complexity index is 1020. The first kappa shape index (κ1) is 16.0. The summed E-state index contributed by atoms with van der Waals surface area (Å²) in [7, 11) is 0. The minimum atomic E-state index is 0.0437. The number of ketones is 1. The largest absolute Gasteiger partial charge is 0.289 e. The van der Waals surface area contributed by atoms with Crippen LogP contribution in [0.25, 0.3) is 22.3 Å². The molecule has 0 amide bonds. The summed E-state index contributed by atoms with van der Waals surface area (Å²) in [6.45, 7) is 0. The molecule has 0 aromatic heterocycles. The van der Waals surface area contributed by atoms with E-state index < -0.39 is 0 Å². The minimum Gasteiger partial charge on any atom is -0.289 e. The molecular formula is C25H18O. The van der Waals surface area contributed by atoms with Crippen LogP contribution < -0.4 is 0 Å². The summed E-state index contributed by atoms with van der Waals surface area (Å²) in [6.07, 6.45) is 0. The first-order valence-electron chi connectivity index (χ1n) is 8.68. The Labute approximate surface area is 153 Å². The van der Waals surface area contributed by atoms with E-state index in [0.717, 1.165) is 27.8 Å². The molecule has 4 aromatic carbocycles. The molecule has 0 fully saturated rings. The van der Waals surface area contributed by atoms with Gasteiger partial charge >= 0.3 is 0 Å². The van der Waals surface area contributed by atoms with E-state index in [-0.39, 0.29) is 5.78 Å². The normalized spacial score (nSPS) is 10.5. The number of carbonyl (C=O) groups excluding carboxylic acids is 1. The molecule has 0 saturated carbocycles. The number of hydrogen-bond acceptors (Lipinski definition) is 1. The monoisotopic (exact) mass is 334 g/mol. The zero-order valence-electron chi connectivity index (χ0n) is 14.3. The lowest BCUT2D eigenvalue weighted by atomic mass is 9.87. The van der Waals surface area contributed by atoms with E-state index in [9.17, 15) is 4.79 Å². The van der Waals surface area contributed by atoms with Gasteiger partial charge in [-0.2, -0.15) is 0 Å². The van der Waals surface area contributed by atoms with Crippen molar-refractivity contribution in [3.8, 4) is 22.3 Å². The van der Waals surface area contributed by atoms with Crippen molar-refractivity contribution in [2.75, 3.05) is 0 Å². The van der Waals surface area contributed by atoms with Crippen LogP contribution in [0.3, 0.4) is 0 Å². The third kappa shape index (κ3) is 3.07. The third-order valence-electron chi connectivity index (χ3n) is 4.49. The van der Waals surface area contributed by atoms with Crippen LogP contribution in [0.5, 0.6) is 0 Å². The molecule has 1 heteroatoms. The highest BCUT2D eigenvalue weighted by molar-refractivity contribution is 6.14. The molecule has 0 spiro atoms. The Morgan fingerprint density at radius 3 is 1.65 bits per heavy atom. The van der Waals surface area contributed by atoms with Crippen LogP contribution in [-0.4, -0.2) is 5.78 Å². The molecular weight excluding hydrogens is 316 g/mol. The second kappa shape index (κ2) is 7.20. The SMILES string of the molecule is O=C(c1ccccc1)c1cccc(-c2ccccc2)c1-c1ccccc1. The maximum Gasteiger partial charge on any atom is 0.193 e. The topological polar surface area (TPSA) is 17.1 Å². The van der Waals surface area contributed by atoms with Gasteiger partial charge in [-0.15, -0.1) is 0 Å². The van der Waals surface area contributed by atoms with E-state index in [1.54, 1.807) is 0 Å². The van der Waals surface area contributed by atoms with Crippen molar-refractivity contribution in [1.82, 2.24) is 0 Å². The third-order valence-corrected chi connectivity index (χ3v) is 4.49. The van der Waals surface area contributed by atoms with Crippen LogP contribution in [0.2, 0.25) is 0 Å². The van der Waals surface area contributed by atoms with Gasteiger partial charge in [0.25, 0.3) is 0 Å². The fourth-order valence-electron chi connectivity index (χ4n) is 3.26. The van der Waals surface area contributed by atoms with E-state index in [2.05, 4.69) is 30.3 Å². The minimum absolute atomic E-state index is 0.0437. The molecule has 4 rings (SSSR count). The van der Waals surface area contributed by atoms with Crippen LogP contribution in [0, 0.1) is 0 Å². The fraction of sp³-hybridized carbons (Fsp3) is 0. The summed E-state index contributed by atoms with van der Waals surface area (Å²) in [5.74, 6) is 0.0437. The van der Waals surface area contributed by atoms with Crippen molar-refractivity contribution < 1.29 is 4.79 Å². The Morgan fingerprint density at radius 1 is 0.500 bits per heavy atom. The number of hydrogen-bond donors (Lipinski definition) is 0. The highest BCUT2D eigenvalue weighted by Crippen LogP contribution is 2.35. The first-order valence-corrected chi connectivity index (χ1v) is 8.68. The van der Waals surface area contributed by atoms with E-state index >= 15 is 0 Å². The van der Waals surface area contributed by atoms with Gasteiger partial charge in [0, 0.05) is 16.7 Å². The van der Waals surface area contributed by atoms with Crippen LogP contribution >= 0.6 is 0 Å². The van der Waals surface area contributed by atoms with E-state index in [1.807, 2.05) is 78.9 Å². The fourth-order valence-corrected chi connectivity index (χ4v) is 3.26. The molecule has 0 unspecified atom stereocenters. The van der Waals surface area contributed by atoms with Crippen molar-refractivity contribution in [2.45, 2.75) is 0 Å². The summed E-state index contributed by atoms with van der Waals surface area (Å²) in [5.41, 5.74) is 5.63. The molecule has 0 atom stereocenters. The summed E-state index contributed by atoms with van der Waals surface area (Å²) in [6, 6.07) is 35.8. The molecule has 124 valence electrons. The van der Waals surface area contributed by atoms with Gasteiger partial charge in [0.05, 0.1) is 0 Å². The lowest BCUT2D eigenvalue weighted by molar-refractivity contribution is 0.103. The summed E-state index contributed by atoms with van der Waals surface area (Å²) in [5, 5.41) is 0. The smallest absolute Gasteiger partial charge is 0.193 e. The lowest BCUT2D eigenvalue weighted by Gasteiger charge is -2.15. The molecule has 1 nitrogen and oxygen atoms in total. The van der Waals surface area contributed by atoms with Gasteiger partial charge in [-0.25, -0.2) is 0 Å². The number of benzene rings is 4. The maximum absolute atomic E-state index is 13.2. The van der Waals surface area contributed by atoms with E-state index in [1.165, 1.54) is 0 Å². The molecule has 0 aliphatic carbocycles. The molecule has 4 aromatic rings. The van der Waals surface area contributed by atoms with E-state index in [0.29, 0.717) is 5.56 Å². The molecule has 0 bridgehead atoms. The molecule has 0 N–H and O–H groups in total. The Kier molecular flexibility index (Phi) is 4.44. The molecule has 0 saturated heterocycles. The van der Waals surface area contributed by atoms with Crippen LogP contribution in [-0.2, 0) is 0 Å². The molecule has 0 heterocycles. The van der Waals surface area contributed by atoms with Gasteiger partial charge in [-0.05, 0) is 16.7 Å². The Hall–Kier alpha value is -3.45. The standard InChI is InChI=1S/C25H18O/c26-25(21-15-8-3-9-16-21)23-18-10-17-22(19-11-4-1-5-12-19)24(23)20-13-6-2-7-14-20/h1-18H. The van der Waals surface area contributed by atoms with Crippen LogP contribution in [0.4, 0.5) is 0 Å². The van der Waals surface area contributed by atoms with Gasteiger partial charge in [0.15, 0.2) is 5.78 Å². The average molecular weight is 334 g/mol. The van der Waals surface area contributed by atoms with Crippen molar-refractivity contribution >= 4 is 5.78 Å². The summed E-state index contributed by atoms with van der Waals surface area (Å²) < 4.78 is 0. The molecule has 26 heavy (non-hydrogen) atoms. The molecule has 0 radical (unpaired) electrons. The van der Waals surface area contributed by atoms with Gasteiger partial charge in [-0.3, -0.25) is 4.79 Å². The van der Waals surface area contributed by atoms with Crippen molar-refractivity contribution in [3.05, 3.63) is 120 Å². The molecule has 0 aliphatic heterocycles. The number of carbonyl (C=O) groups is 1. The van der Waals surface area contributed by atoms with Crippen molar-refractivity contribution in [2.24, 2.45) is 0 Å². The van der Waals surface area contributed by atoms with Gasteiger partial charge < -0.3 is 0 Å². The van der Waals surface area contributed by atoms with Crippen molar-refractivity contribution in [1.29, 1.82) is 0 Å². The second-order valence-electron chi connectivity index (χ2n) is 6.16. The Morgan fingerprint density at radius 2 is 1.04 bits per heavy atom. The predicted molar refractivity (Wildman–Crippen MR) is 107 cm³/mol. The molecule has 0 aliphatic rings. The first-order chi connectivity index (χ1) is 12.8. The second-order valence-corrected chi connectivity index (χ2v) is 6.16. The highest BCUT2D eigenvalue weighted by atomic mass is 16.1.